The summed E-state index contributed by atoms with van der Waals surface area (Å²) in [4.78, 5) is 38.4. The fraction of sp³-hybridized carbons (Fsp3) is 0.348. The predicted octanol–water partition coefficient (Wildman–Crippen LogP) is 3.34. The fourth-order valence-electron chi connectivity index (χ4n) is 4.75. The SMILES string of the molecule is COc1ccc(Cl)cc1NC(=O)[C@@H]1C[C@@H](CCC(N)=O)N[C@@]12C(=O)Nc1c(Cl)cc(C)cc12. The van der Waals surface area contributed by atoms with Crippen LogP contribution >= 0.6 is 23.2 Å². The molecule has 0 unspecified atom stereocenters. The molecule has 3 atom stereocenters. The van der Waals surface area contributed by atoms with Crippen LogP contribution in [-0.4, -0.2) is 30.9 Å². The summed E-state index contributed by atoms with van der Waals surface area (Å²) in [5, 5.41) is 9.87. The number of nitrogens with two attached hydrogens (primary N) is 1. The summed E-state index contributed by atoms with van der Waals surface area (Å²) in [5.41, 5.74) is 6.33. The van der Waals surface area contributed by atoms with Crippen molar-refractivity contribution in [3.8, 4) is 5.75 Å². The van der Waals surface area contributed by atoms with Crippen LogP contribution in [0, 0.1) is 12.8 Å². The third-order valence-corrected chi connectivity index (χ3v) is 6.74. The lowest BCUT2D eigenvalue weighted by Crippen LogP contribution is -2.52. The monoisotopic (exact) mass is 490 g/mol. The lowest BCUT2D eigenvalue weighted by atomic mass is 9.79. The second-order valence-electron chi connectivity index (χ2n) is 8.40. The van der Waals surface area contributed by atoms with E-state index >= 15 is 0 Å². The van der Waals surface area contributed by atoms with Gasteiger partial charge in [0.2, 0.25) is 17.7 Å². The third kappa shape index (κ3) is 4.14. The van der Waals surface area contributed by atoms with Crippen LogP contribution in [0.1, 0.15) is 30.4 Å². The number of rotatable bonds is 6. The van der Waals surface area contributed by atoms with Gasteiger partial charge in [0.1, 0.15) is 11.3 Å². The molecule has 1 saturated heterocycles. The largest absolute Gasteiger partial charge is 0.495 e. The highest BCUT2D eigenvalue weighted by Gasteiger charge is 2.60. The number of hydrogen-bond donors (Lipinski definition) is 4. The zero-order valence-electron chi connectivity index (χ0n) is 18.1. The van der Waals surface area contributed by atoms with Gasteiger partial charge >= 0.3 is 0 Å². The number of hydrogen-bond acceptors (Lipinski definition) is 5. The highest BCUT2D eigenvalue weighted by molar-refractivity contribution is 6.35. The number of benzene rings is 2. The predicted molar refractivity (Wildman–Crippen MR) is 127 cm³/mol. The molecule has 1 fully saturated rings. The van der Waals surface area contributed by atoms with Crippen molar-refractivity contribution in [2.75, 3.05) is 17.7 Å². The first kappa shape index (κ1) is 23.4. The van der Waals surface area contributed by atoms with E-state index < -0.39 is 17.4 Å². The first-order valence-electron chi connectivity index (χ1n) is 10.5. The van der Waals surface area contributed by atoms with Crippen molar-refractivity contribution in [2.24, 2.45) is 11.7 Å². The summed E-state index contributed by atoms with van der Waals surface area (Å²) in [6.07, 6.45) is 0.844. The Bertz CT molecular complexity index is 1160. The van der Waals surface area contributed by atoms with Crippen molar-refractivity contribution >= 4 is 52.3 Å². The molecule has 2 aromatic carbocycles. The van der Waals surface area contributed by atoms with E-state index in [2.05, 4.69) is 16.0 Å². The Balaban J connectivity index is 1.75. The number of halogens is 2. The average molecular weight is 491 g/mol. The number of fused-ring (bicyclic) bond motifs is 2. The Labute approximate surface area is 201 Å². The molecule has 0 bridgehead atoms. The maximum absolute atomic E-state index is 13.6. The van der Waals surface area contributed by atoms with Crippen LogP contribution in [0.3, 0.4) is 0 Å². The molecular formula is C23H24Cl2N4O4. The van der Waals surface area contributed by atoms with Gasteiger partial charge in [-0.1, -0.05) is 29.3 Å². The van der Waals surface area contributed by atoms with Crippen LogP contribution in [-0.2, 0) is 19.9 Å². The van der Waals surface area contributed by atoms with Crippen LogP contribution in [0.25, 0.3) is 0 Å². The number of aryl methyl sites for hydroxylation is 1. The van der Waals surface area contributed by atoms with Crippen LogP contribution < -0.4 is 26.4 Å². The number of anilines is 2. The van der Waals surface area contributed by atoms with Gasteiger partial charge in [-0.25, -0.2) is 0 Å². The van der Waals surface area contributed by atoms with Crippen LogP contribution in [0.5, 0.6) is 5.75 Å². The number of nitrogens with one attached hydrogen (secondary N) is 3. The minimum absolute atomic E-state index is 0.132. The number of ether oxygens (including phenoxy) is 1. The maximum Gasteiger partial charge on any atom is 0.250 e. The first-order chi connectivity index (χ1) is 15.6. The Hall–Kier alpha value is -2.81. The van der Waals surface area contributed by atoms with E-state index in [0.717, 1.165) is 5.56 Å². The first-order valence-corrected chi connectivity index (χ1v) is 11.2. The molecule has 0 radical (unpaired) electrons. The summed E-state index contributed by atoms with van der Waals surface area (Å²) in [5.74, 6) is -1.56. The number of carbonyl (C=O) groups is 3. The zero-order chi connectivity index (χ0) is 23.9. The van der Waals surface area contributed by atoms with Crippen molar-refractivity contribution in [3.63, 3.8) is 0 Å². The molecule has 2 aromatic rings. The van der Waals surface area contributed by atoms with E-state index in [0.29, 0.717) is 45.6 Å². The molecule has 0 aliphatic carbocycles. The molecule has 3 amide bonds. The minimum Gasteiger partial charge on any atom is -0.495 e. The molecular weight excluding hydrogens is 467 g/mol. The Morgan fingerprint density at radius 1 is 1.27 bits per heavy atom. The summed E-state index contributed by atoms with van der Waals surface area (Å²) < 4.78 is 5.34. The summed E-state index contributed by atoms with van der Waals surface area (Å²) in [6.45, 7) is 1.87. The number of methoxy groups -OCH3 is 1. The van der Waals surface area contributed by atoms with E-state index in [-0.39, 0.29) is 24.3 Å². The van der Waals surface area contributed by atoms with Gasteiger partial charge in [-0.05, 0) is 49.6 Å². The van der Waals surface area contributed by atoms with Gasteiger partial charge in [0, 0.05) is 23.0 Å². The van der Waals surface area contributed by atoms with E-state index in [1.165, 1.54) is 7.11 Å². The lowest BCUT2D eigenvalue weighted by molar-refractivity contribution is -0.130. The summed E-state index contributed by atoms with van der Waals surface area (Å²) in [6, 6.07) is 8.21. The van der Waals surface area contributed by atoms with Gasteiger partial charge in [0.15, 0.2) is 0 Å². The summed E-state index contributed by atoms with van der Waals surface area (Å²) in [7, 11) is 1.49. The van der Waals surface area contributed by atoms with Gasteiger partial charge in [0.05, 0.1) is 29.4 Å². The van der Waals surface area contributed by atoms with E-state index in [1.807, 2.05) is 13.0 Å². The van der Waals surface area contributed by atoms with Crippen molar-refractivity contribution in [2.45, 2.75) is 37.8 Å². The van der Waals surface area contributed by atoms with Gasteiger partial charge in [-0.15, -0.1) is 0 Å². The van der Waals surface area contributed by atoms with Crippen LogP contribution in [0.2, 0.25) is 10.0 Å². The van der Waals surface area contributed by atoms with Gasteiger partial charge in [-0.3, -0.25) is 19.7 Å². The summed E-state index contributed by atoms with van der Waals surface area (Å²) >= 11 is 12.5. The smallest absolute Gasteiger partial charge is 0.250 e. The van der Waals surface area contributed by atoms with E-state index in [9.17, 15) is 14.4 Å². The van der Waals surface area contributed by atoms with Crippen molar-refractivity contribution in [1.82, 2.24) is 5.32 Å². The van der Waals surface area contributed by atoms with Crippen molar-refractivity contribution in [1.29, 1.82) is 0 Å². The number of primary amides is 1. The van der Waals surface area contributed by atoms with Crippen LogP contribution in [0.15, 0.2) is 30.3 Å². The number of amides is 3. The molecule has 174 valence electrons. The zero-order valence-corrected chi connectivity index (χ0v) is 19.6. The molecule has 2 aliphatic rings. The van der Waals surface area contributed by atoms with Gasteiger partial charge in [-0.2, -0.15) is 0 Å². The Morgan fingerprint density at radius 3 is 2.73 bits per heavy atom. The molecule has 33 heavy (non-hydrogen) atoms. The van der Waals surface area contributed by atoms with Crippen molar-refractivity contribution in [3.05, 3.63) is 51.5 Å². The fourth-order valence-corrected chi connectivity index (χ4v) is 5.25. The lowest BCUT2D eigenvalue weighted by Gasteiger charge is -2.29. The second kappa shape index (κ2) is 8.85. The van der Waals surface area contributed by atoms with E-state index in [4.69, 9.17) is 33.7 Å². The quantitative estimate of drug-likeness (QED) is 0.494. The minimum atomic E-state index is -1.34. The molecule has 4 rings (SSSR count). The molecule has 0 aromatic heterocycles. The number of carbonyl (C=O) groups excluding carboxylic acids is 3. The molecule has 1 spiro atoms. The molecule has 8 nitrogen and oxygen atoms in total. The normalized spacial score (nSPS) is 23.3. The van der Waals surface area contributed by atoms with Crippen molar-refractivity contribution < 1.29 is 19.1 Å². The standard InChI is InChI=1S/C23H24Cl2N4O4/c1-11-7-14-20(16(25)8-11)28-22(32)23(14)15(10-13(29-23)4-6-19(26)30)21(31)27-17-9-12(24)3-5-18(17)33-2/h3,5,7-9,13,15,29H,4,6,10H2,1-2H3,(H2,26,30)(H,27,31)(H,28,32)/t13-,15+,23-/m1/s1. The molecule has 0 saturated carbocycles. The highest BCUT2D eigenvalue weighted by Crippen LogP contribution is 2.50. The molecule has 2 aliphatic heterocycles. The maximum atomic E-state index is 13.6. The Kier molecular flexibility index (Phi) is 6.26. The van der Waals surface area contributed by atoms with E-state index in [1.54, 1.807) is 24.3 Å². The highest BCUT2D eigenvalue weighted by atomic mass is 35.5. The van der Waals surface area contributed by atoms with Gasteiger partial charge in [0.25, 0.3) is 0 Å². The second-order valence-corrected chi connectivity index (χ2v) is 9.24. The topological polar surface area (TPSA) is 123 Å². The average Bonchev–Trinajstić information content (AvgIpc) is 3.27. The molecule has 10 heteroatoms. The van der Waals surface area contributed by atoms with Gasteiger partial charge < -0.3 is 21.1 Å². The third-order valence-electron chi connectivity index (χ3n) is 6.21. The molecule has 2 heterocycles. The Morgan fingerprint density at radius 2 is 2.03 bits per heavy atom. The van der Waals surface area contributed by atoms with Crippen LogP contribution in [0.4, 0.5) is 11.4 Å². The molecule has 5 N–H and O–H groups in total.